The van der Waals surface area contributed by atoms with Crippen molar-refractivity contribution in [1.29, 1.82) is 0 Å². The van der Waals surface area contributed by atoms with Crippen molar-refractivity contribution < 1.29 is 28.7 Å². The van der Waals surface area contributed by atoms with Crippen molar-refractivity contribution in [2.24, 2.45) is 11.8 Å². The van der Waals surface area contributed by atoms with Gasteiger partial charge in [0.05, 0.1) is 12.6 Å². The highest BCUT2D eigenvalue weighted by Crippen LogP contribution is 2.29. The van der Waals surface area contributed by atoms with Crippen LogP contribution in [0.5, 0.6) is 0 Å². The van der Waals surface area contributed by atoms with Gasteiger partial charge in [-0.15, -0.1) is 0 Å². The monoisotopic (exact) mass is 565 g/mol. The molecule has 4 atom stereocenters. The minimum absolute atomic E-state index is 0.0651. The summed E-state index contributed by atoms with van der Waals surface area (Å²) in [4.78, 5) is 52.9. The van der Waals surface area contributed by atoms with Crippen molar-refractivity contribution in [2.75, 3.05) is 6.61 Å². The summed E-state index contributed by atoms with van der Waals surface area (Å²) >= 11 is 0. The van der Waals surface area contributed by atoms with Gasteiger partial charge in [0.15, 0.2) is 5.78 Å². The molecule has 3 N–H and O–H groups in total. The molecule has 1 saturated heterocycles. The lowest BCUT2D eigenvalue weighted by Gasteiger charge is -2.27. The average molecular weight is 566 g/mol. The summed E-state index contributed by atoms with van der Waals surface area (Å²) in [6.45, 7) is 9.94. The third-order valence-electron chi connectivity index (χ3n) is 6.88. The summed E-state index contributed by atoms with van der Waals surface area (Å²) in [5.74, 6) is -0.926. The van der Waals surface area contributed by atoms with Crippen LogP contribution >= 0.6 is 0 Å². The van der Waals surface area contributed by atoms with E-state index < -0.39 is 41.6 Å². The Labute approximate surface area is 242 Å². The molecule has 0 radical (unpaired) electrons. The first-order chi connectivity index (χ1) is 19.5. The van der Waals surface area contributed by atoms with Crippen LogP contribution in [0, 0.1) is 11.8 Å². The highest BCUT2D eigenvalue weighted by Gasteiger charge is 2.50. The average Bonchev–Trinajstić information content (AvgIpc) is 3.69. The zero-order chi connectivity index (χ0) is 30.0. The van der Waals surface area contributed by atoms with Gasteiger partial charge in [-0.1, -0.05) is 88.4 Å². The molecule has 9 nitrogen and oxygen atoms in total. The number of ketones is 1. The van der Waals surface area contributed by atoms with Crippen LogP contribution in [0.2, 0.25) is 0 Å². The lowest BCUT2D eigenvalue weighted by molar-refractivity contribution is -0.133. The van der Waals surface area contributed by atoms with E-state index in [1.165, 1.54) is 0 Å². The fourth-order valence-corrected chi connectivity index (χ4v) is 4.54. The zero-order valence-electron chi connectivity index (χ0n) is 24.6. The Morgan fingerprint density at radius 3 is 1.78 bits per heavy atom. The Morgan fingerprint density at radius 1 is 0.756 bits per heavy atom. The molecule has 0 bridgehead atoms. The van der Waals surface area contributed by atoms with E-state index in [9.17, 15) is 19.2 Å². The first-order valence-electron chi connectivity index (χ1n) is 14.3. The standard InChI is InChI=1S/C32H43N3O6/c1-21(2)16-25(28(36)32(5)20-41-32)33-30(38)27(18-23-12-8-6-9-13-23)34-29(37)26(17-22(3)4)35-31(39)40-19-24-14-10-7-11-15-24/h6-15,21-22,25-27H,16-20H2,1-5H3,(H,33,38)(H,34,37)(H,35,39). The van der Waals surface area contributed by atoms with Crippen LogP contribution in [-0.4, -0.2) is 54.0 Å². The van der Waals surface area contributed by atoms with Crippen LogP contribution in [0.1, 0.15) is 58.6 Å². The summed E-state index contributed by atoms with van der Waals surface area (Å²) < 4.78 is 10.7. The number of rotatable bonds is 15. The second-order valence-electron chi connectivity index (χ2n) is 11.7. The van der Waals surface area contributed by atoms with Crippen LogP contribution < -0.4 is 16.0 Å². The van der Waals surface area contributed by atoms with Crippen molar-refractivity contribution in [3.63, 3.8) is 0 Å². The molecule has 41 heavy (non-hydrogen) atoms. The summed E-state index contributed by atoms with van der Waals surface area (Å²) in [5.41, 5.74) is 0.771. The van der Waals surface area contributed by atoms with Crippen molar-refractivity contribution in [2.45, 2.75) is 84.2 Å². The SMILES string of the molecule is CC(C)CC(NC(=O)OCc1ccccc1)C(=O)NC(Cc1ccccc1)C(=O)NC(CC(C)C)C(=O)C1(C)CO1. The molecule has 0 aromatic heterocycles. The van der Waals surface area contributed by atoms with E-state index in [1.807, 2.05) is 88.4 Å². The molecule has 1 fully saturated rings. The van der Waals surface area contributed by atoms with Gasteiger partial charge >= 0.3 is 6.09 Å². The Kier molecular flexibility index (Phi) is 11.5. The number of hydrogen-bond donors (Lipinski definition) is 3. The molecule has 1 aliphatic heterocycles. The van der Waals surface area contributed by atoms with Gasteiger partial charge in [-0.05, 0) is 42.7 Å². The van der Waals surface area contributed by atoms with Gasteiger partial charge in [0, 0.05) is 6.42 Å². The molecule has 4 unspecified atom stereocenters. The molecule has 2 aromatic carbocycles. The van der Waals surface area contributed by atoms with E-state index in [0.29, 0.717) is 19.4 Å². The molecule has 2 aromatic rings. The molecule has 222 valence electrons. The summed E-state index contributed by atoms with van der Waals surface area (Å²) in [5, 5.41) is 8.39. The van der Waals surface area contributed by atoms with E-state index in [-0.39, 0.29) is 30.6 Å². The fourth-order valence-electron chi connectivity index (χ4n) is 4.54. The van der Waals surface area contributed by atoms with E-state index in [2.05, 4.69) is 16.0 Å². The molecule has 3 rings (SSSR count). The number of amides is 3. The third kappa shape index (κ3) is 10.3. The van der Waals surface area contributed by atoms with Crippen molar-refractivity contribution in [3.8, 4) is 0 Å². The van der Waals surface area contributed by atoms with E-state index in [0.717, 1.165) is 11.1 Å². The number of hydrogen-bond acceptors (Lipinski definition) is 6. The first kappa shape index (κ1) is 31.8. The maximum Gasteiger partial charge on any atom is 0.408 e. The second-order valence-corrected chi connectivity index (χ2v) is 11.7. The Bertz CT molecular complexity index is 1160. The molecule has 0 saturated carbocycles. The Hall–Kier alpha value is -3.72. The minimum Gasteiger partial charge on any atom is -0.445 e. The molecule has 1 heterocycles. The minimum atomic E-state index is -0.975. The van der Waals surface area contributed by atoms with Gasteiger partial charge < -0.3 is 25.4 Å². The van der Waals surface area contributed by atoms with Gasteiger partial charge in [0.2, 0.25) is 11.8 Å². The van der Waals surface area contributed by atoms with Crippen LogP contribution in [0.4, 0.5) is 4.79 Å². The number of epoxide rings is 1. The van der Waals surface area contributed by atoms with Crippen LogP contribution in [0.15, 0.2) is 60.7 Å². The predicted octanol–water partition coefficient (Wildman–Crippen LogP) is 3.94. The van der Waals surface area contributed by atoms with Gasteiger partial charge in [-0.25, -0.2) is 4.79 Å². The van der Waals surface area contributed by atoms with Crippen molar-refractivity contribution >= 4 is 23.7 Å². The molecular formula is C32H43N3O6. The zero-order valence-corrected chi connectivity index (χ0v) is 24.6. The summed E-state index contributed by atoms with van der Waals surface area (Å²) in [6.07, 6.45) is 0.275. The van der Waals surface area contributed by atoms with Crippen molar-refractivity contribution in [1.82, 2.24) is 16.0 Å². The maximum atomic E-state index is 13.6. The number of Topliss-reactive ketones (excluding diaryl/α,β-unsaturated/α-hetero) is 1. The number of ether oxygens (including phenoxy) is 2. The largest absolute Gasteiger partial charge is 0.445 e. The Morgan fingerprint density at radius 2 is 1.24 bits per heavy atom. The highest BCUT2D eigenvalue weighted by atomic mass is 16.6. The topological polar surface area (TPSA) is 126 Å². The van der Waals surface area contributed by atoms with Gasteiger partial charge in [-0.2, -0.15) is 0 Å². The number of alkyl carbamates (subject to hydrolysis) is 1. The summed E-state index contributed by atoms with van der Waals surface area (Å²) in [7, 11) is 0. The van der Waals surface area contributed by atoms with E-state index >= 15 is 0 Å². The number of benzene rings is 2. The van der Waals surface area contributed by atoms with Gasteiger partial charge in [0.25, 0.3) is 0 Å². The molecule has 9 heteroatoms. The van der Waals surface area contributed by atoms with E-state index in [1.54, 1.807) is 6.92 Å². The number of carbonyl (C=O) groups is 4. The lowest BCUT2D eigenvalue weighted by atomic mass is 9.93. The van der Waals surface area contributed by atoms with Crippen LogP contribution in [-0.2, 0) is 36.9 Å². The lowest BCUT2D eigenvalue weighted by Crippen LogP contribution is -2.57. The molecule has 3 amide bonds. The normalized spacial score (nSPS) is 18.2. The Balaban J connectivity index is 1.74. The molecule has 0 spiro atoms. The highest BCUT2D eigenvalue weighted by molar-refractivity contribution is 5.98. The maximum absolute atomic E-state index is 13.6. The smallest absolute Gasteiger partial charge is 0.408 e. The van der Waals surface area contributed by atoms with Gasteiger partial charge in [-0.3, -0.25) is 14.4 Å². The van der Waals surface area contributed by atoms with E-state index in [4.69, 9.17) is 9.47 Å². The molecule has 0 aliphatic carbocycles. The quantitative estimate of drug-likeness (QED) is 0.281. The number of nitrogens with one attached hydrogen (secondary N) is 3. The molecule has 1 aliphatic rings. The van der Waals surface area contributed by atoms with Crippen molar-refractivity contribution in [3.05, 3.63) is 71.8 Å². The predicted molar refractivity (Wildman–Crippen MR) is 156 cm³/mol. The first-order valence-corrected chi connectivity index (χ1v) is 14.3. The fraction of sp³-hybridized carbons (Fsp3) is 0.500. The third-order valence-corrected chi connectivity index (χ3v) is 6.88. The second kappa shape index (κ2) is 14.8. The number of carbonyl (C=O) groups excluding carboxylic acids is 4. The van der Waals surface area contributed by atoms with Gasteiger partial charge in [0.1, 0.15) is 24.3 Å². The van der Waals surface area contributed by atoms with Crippen LogP contribution in [0.25, 0.3) is 0 Å². The molecular weight excluding hydrogens is 522 g/mol. The van der Waals surface area contributed by atoms with Crippen LogP contribution in [0.3, 0.4) is 0 Å². The summed E-state index contributed by atoms with van der Waals surface area (Å²) in [6, 6.07) is 15.9.